The number of Topliss-reactive ketones (excluding diaryl/α,β-unsaturated/α-hetero) is 1. The van der Waals surface area contributed by atoms with Crippen LogP contribution in [0.15, 0.2) is 23.2 Å². The van der Waals surface area contributed by atoms with Crippen molar-refractivity contribution in [2.24, 2.45) is 0 Å². The maximum absolute atomic E-state index is 11.0. The van der Waals surface area contributed by atoms with E-state index in [2.05, 4.69) is 33.9 Å². The Kier molecular flexibility index (Phi) is 7.14. The van der Waals surface area contributed by atoms with Crippen molar-refractivity contribution >= 4 is 34.1 Å². The van der Waals surface area contributed by atoms with Crippen molar-refractivity contribution in [2.45, 2.75) is 38.3 Å². The molecule has 1 heterocycles. The minimum absolute atomic E-state index is 0. The summed E-state index contributed by atoms with van der Waals surface area (Å²) in [6.07, 6.45) is 6.57. The van der Waals surface area contributed by atoms with E-state index in [0.29, 0.717) is 12.5 Å². The van der Waals surface area contributed by atoms with E-state index in [1.165, 1.54) is 0 Å². The monoisotopic (exact) mass is 293 g/mol. The molecule has 1 aliphatic heterocycles. The van der Waals surface area contributed by atoms with Crippen LogP contribution in [0.3, 0.4) is 0 Å². The van der Waals surface area contributed by atoms with Gasteiger partial charge in [-0.25, -0.2) is 0 Å². The molecule has 2 nitrogen and oxygen atoms in total. The summed E-state index contributed by atoms with van der Waals surface area (Å²) >= 11 is 3.48. The zero-order valence-corrected chi connectivity index (χ0v) is 11.2. The molecule has 0 aromatic heterocycles. The Bertz CT molecular complexity index is 265. The molecule has 0 aromatic carbocycles. The Morgan fingerprint density at radius 3 is 3.00 bits per heavy atom. The van der Waals surface area contributed by atoms with Crippen LogP contribution in [0.25, 0.3) is 0 Å². The number of halogens is 2. The molecule has 4 heteroatoms. The van der Waals surface area contributed by atoms with Crippen LogP contribution in [0.5, 0.6) is 0 Å². The van der Waals surface area contributed by atoms with Gasteiger partial charge in [-0.2, -0.15) is 0 Å². The van der Waals surface area contributed by atoms with Gasteiger partial charge in [-0.15, -0.1) is 19.0 Å². The molecule has 0 amide bonds. The van der Waals surface area contributed by atoms with Crippen LogP contribution in [-0.2, 0) is 4.79 Å². The zero-order chi connectivity index (χ0) is 10.6. The van der Waals surface area contributed by atoms with Crippen LogP contribution in [0, 0.1) is 0 Å². The molecule has 0 aliphatic carbocycles. The lowest BCUT2D eigenvalue weighted by Gasteiger charge is -2.28. The summed E-state index contributed by atoms with van der Waals surface area (Å²) in [6, 6.07) is 0.587. The molecule has 1 aliphatic rings. The maximum atomic E-state index is 11.0. The third-order valence-corrected chi connectivity index (χ3v) is 3.19. The number of hydrogen-bond acceptors (Lipinski definition) is 2. The second-order valence-electron chi connectivity index (χ2n) is 3.67. The van der Waals surface area contributed by atoms with Crippen LogP contribution in [0.1, 0.15) is 26.2 Å². The van der Waals surface area contributed by atoms with Gasteiger partial charge in [0.05, 0.1) is 0 Å². The van der Waals surface area contributed by atoms with Gasteiger partial charge in [-0.3, -0.25) is 4.79 Å². The van der Waals surface area contributed by atoms with Crippen LogP contribution in [0.2, 0.25) is 0 Å². The van der Waals surface area contributed by atoms with Crippen LogP contribution in [0.4, 0.5) is 0 Å². The third kappa shape index (κ3) is 4.96. The van der Waals surface area contributed by atoms with Gasteiger partial charge in [0.1, 0.15) is 5.78 Å². The molecule has 15 heavy (non-hydrogen) atoms. The van der Waals surface area contributed by atoms with E-state index in [9.17, 15) is 4.79 Å². The fourth-order valence-electron chi connectivity index (χ4n) is 1.64. The lowest BCUT2D eigenvalue weighted by atomic mass is 10.0. The van der Waals surface area contributed by atoms with E-state index < -0.39 is 0 Å². The van der Waals surface area contributed by atoms with Crippen LogP contribution < -0.4 is 5.32 Å². The molecule has 0 radical (unpaired) electrons. The molecule has 0 saturated heterocycles. The van der Waals surface area contributed by atoms with E-state index in [-0.39, 0.29) is 24.2 Å². The van der Waals surface area contributed by atoms with Crippen molar-refractivity contribution in [3.63, 3.8) is 0 Å². The number of carbonyl (C=O) groups excluding carboxylic acids is 1. The van der Waals surface area contributed by atoms with Crippen molar-refractivity contribution < 1.29 is 4.79 Å². The summed E-state index contributed by atoms with van der Waals surface area (Å²) in [5, 5.41) is 3.43. The summed E-state index contributed by atoms with van der Waals surface area (Å²) in [4.78, 5) is 11.0. The number of rotatable bonds is 4. The standard InChI is InChI=1S/C11H16BrNO.ClH/c1-3-4-9-5-6-10(12)11(13-9)7-8(2)14;/h3,6,9,11,13H,1,4-5,7H2,2H3;1H/t9-,11-;/m0./s1. The minimum Gasteiger partial charge on any atom is -0.306 e. The second-order valence-corrected chi connectivity index (χ2v) is 4.59. The normalized spacial score (nSPS) is 25.1. The summed E-state index contributed by atoms with van der Waals surface area (Å²) in [6.45, 7) is 5.34. The van der Waals surface area contributed by atoms with E-state index in [0.717, 1.165) is 17.3 Å². The lowest BCUT2D eigenvalue weighted by Crippen LogP contribution is -2.42. The molecule has 2 atom stereocenters. The number of hydrogen-bond donors (Lipinski definition) is 1. The first-order valence-corrected chi connectivity index (χ1v) is 5.64. The van der Waals surface area contributed by atoms with E-state index in [1.807, 2.05) is 6.08 Å². The molecule has 0 aromatic rings. The van der Waals surface area contributed by atoms with E-state index >= 15 is 0 Å². The van der Waals surface area contributed by atoms with Gasteiger partial charge in [0.25, 0.3) is 0 Å². The Balaban J connectivity index is 0.00000196. The van der Waals surface area contributed by atoms with Crippen molar-refractivity contribution in [1.29, 1.82) is 0 Å². The average Bonchev–Trinajstić information content (AvgIpc) is 2.10. The first-order chi connectivity index (χ1) is 6.63. The predicted octanol–water partition coefficient (Wildman–Crippen LogP) is 2.97. The fourth-order valence-corrected chi connectivity index (χ4v) is 2.12. The summed E-state index contributed by atoms with van der Waals surface area (Å²) in [7, 11) is 0. The molecule has 0 saturated carbocycles. The lowest BCUT2D eigenvalue weighted by molar-refractivity contribution is -0.117. The highest BCUT2D eigenvalue weighted by molar-refractivity contribution is 9.11. The minimum atomic E-state index is 0. The van der Waals surface area contributed by atoms with Gasteiger partial charge in [0.2, 0.25) is 0 Å². The Labute approximate surface area is 106 Å². The first-order valence-electron chi connectivity index (χ1n) is 4.85. The molecular weight excluding hydrogens is 277 g/mol. The summed E-state index contributed by atoms with van der Waals surface area (Å²) < 4.78 is 1.10. The average molecular weight is 295 g/mol. The smallest absolute Gasteiger partial charge is 0.131 e. The van der Waals surface area contributed by atoms with E-state index in [1.54, 1.807) is 6.92 Å². The van der Waals surface area contributed by atoms with Gasteiger partial charge >= 0.3 is 0 Å². The highest BCUT2D eigenvalue weighted by Crippen LogP contribution is 2.22. The Morgan fingerprint density at radius 1 is 1.80 bits per heavy atom. The van der Waals surface area contributed by atoms with Crippen molar-refractivity contribution in [3.05, 3.63) is 23.2 Å². The predicted molar refractivity (Wildman–Crippen MR) is 69.7 cm³/mol. The Hall–Kier alpha value is -0.120. The van der Waals surface area contributed by atoms with Gasteiger partial charge in [0.15, 0.2) is 0 Å². The molecular formula is C11H17BrClNO. The first kappa shape index (κ1) is 14.9. The third-order valence-electron chi connectivity index (χ3n) is 2.31. The largest absolute Gasteiger partial charge is 0.306 e. The Morgan fingerprint density at radius 2 is 2.47 bits per heavy atom. The van der Waals surface area contributed by atoms with Gasteiger partial charge < -0.3 is 5.32 Å². The zero-order valence-electron chi connectivity index (χ0n) is 8.83. The molecule has 0 unspecified atom stereocenters. The van der Waals surface area contributed by atoms with E-state index in [4.69, 9.17) is 0 Å². The van der Waals surface area contributed by atoms with Gasteiger partial charge in [-0.1, -0.05) is 28.1 Å². The maximum Gasteiger partial charge on any atom is 0.131 e. The molecule has 0 fully saturated rings. The molecule has 1 N–H and O–H groups in total. The van der Waals surface area contributed by atoms with Crippen LogP contribution >= 0.6 is 28.3 Å². The molecule has 1 rings (SSSR count). The van der Waals surface area contributed by atoms with Crippen molar-refractivity contribution in [3.8, 4) is 0 Å². The molecule has 86 valence electrons. The summed E-state index contributed by atoms with van der Waals surface area (Å²) in [5.74, 6) is 0.215. The van der Waals surface area contributed by atoms with Gasteiger partial charge in [0, 0.05) is 23.0 Å². The molecule has 0 spiro atoms. The number of ketones is 1. The van der Waals surface area contributed by atoms with Crippen molar-refractivity contribution in [2.75, 3.05) is 0 Å². The highest BCUT2D eigenvalue weighted by atomic mass is 79.9. The van der Waals surface area contributed by atoms with Crippen molar-refractivity contribution in [1.82, 2.24) is 5.32 Å². The number of carbonyl (C=O) groups is 1. The molecule has 0 bridgehead atoms. The van der Waals surface area contributed by atoms with Gasteiger partial charge in [-0.05, 0) is 19.8 Å². The number of nitrogens with one attached hydrogen (secondary N) is 1. The highest BCUT2D eigenvalue weighted by Gasteiger charge is 2.21. The second kappa shape index (κ2) is 7.20. The fraction of sp³-hybridized carbons (Fsp3) is 0.545. The topological polar surface area (TPSA) is 29.1 Å². The quantitative estimate of drug-likeness (QED) is 0.808. The van der Waals surface area contributed by atoms with Crippen LogP contribution in [-0.4, -0.2) is 17.9 Å². The SMILES string of the molecule is C=CC[C@H]1CC=C(Br)[C@H](CC(C)=O)N1.Cl. The summed E-state index contributed by atoms with van der Waals surface area (Å²) in [5.41, 5.74) is 0.